The first-order valence-corrected chi connectivity index (χ1v) is 6.64. The summed E-state index contributed by atoms with van der Waals surface area (Å²) < 4.78 is 7.04. The van der Waals surface area contributed by atoms with Gasteiger partial charge in [0, 0.05) is 13.1 Å². The van der Waals surface area contributed by atoms with Gasteiger partial charge in [0.05, 0.1) is 18.4 Å². The molecule has 102 valence electrons. The minimum absolute atomic E-state index is 0.101. The zero-order valence-corrected chi connectivity index (χ0v) is 11.4. The minimum Gasteiger partial charge on any atom is -0.481 e. The summed E-state index contributed by atoms with van der Waals surface area (Å²) in [5.74, 6) is 0.658. The number of nitrogens with zero attached hydrogens (tertiary/aromatic N) is 2. The van der Waals surface area contributed by atoms with Gasteiger partial charge >= 0.3 is 0 Å². The maximum absolute atomic E-state index is 10.6. The molecule has 0 spiro atoms. The monoisotopic (exact) mass is 253 g/mol. The van der Waals surface area contributed by atoms with E-state index in [2.05, 4.69) is 10.4 Å². The number of aliphatic hydroxyl groups is 1. The van der Waals surface area contributed by atoms with E-state index >= 15 is 0 Å². The van der Waals surface area contributed by atoms with Crippen molar-refractivity contribution in [1.29, 1.82) is 0 Å². The molecule has 0 radical (unpaired) electrons. The number of ether oxygens (including phenoxy) is 1. The zero-order valence-electron chi connectivity index (χ0n) is 11.4. The normalized spacial score (nSPS) is 22.6. The summed E-state index contributed by atoms with van der Waals surface area (Å²) in [6.07, 6.45) is 4.03. The first-order valence-electron chi connectivity index (χ1n) is 6.64. The number of aromatic nitrogens is 2. The average Bonchev–Trinajstić information content (AvgIpc) is 2.57. The standard InChI is InChI=1S/C13H23N3O2/c1-9-11(13(18-3)16(2)15-9)12(17)10-7-5-4-6-8-14-10/h10,12,14,17H,4-8H2,1-3H3. The van der Waals surface area contributed by atoms with Crippen LogP contribution in [-0.4, -0.2) is 34.6 Å². The van der Waals surface area contributed by atoms with E-state index in [1.807, 2.05) is 14.0 Å². The van der Waals surface area contributed by atoms with Crippen LogP contribution in [0.25, 0.3) is 0 Å². The highest BCUT2D eigenvalue weighted by Gasteiger charge is 2.28. The summed E-state index contributed by atoms with van der Waals surface area (Å²) in [4.78, 5) is 0. The lowest BCUT2D eigenvalue weighted by atomic mass is 9.99. The van der Waals surface area contributed by atoms with Gasteiger partial charge in [0.15, 0.2) is 0 Å². The SMILES string of the molecule is COc1c(C(O)C2CCCCCN2)c(C)nn1C. The van der Waals surface area contributed by atoms with Gasteiger partial charge in [-0.05, 0) is 26.3 Å². The fourth-order valence-corrected chi connectivity index (χ4v) is 2.76. The number of methoxy groups -OCH3 is 1. The molecular formula is C13H23N3O2. The Bertz CT molecular complexity index is 395. The Morgan fingerprint density at radius 1 is 1.44 bits per heavy atom. The summed E-state index contributed by atoms with van der Waals surface area (Å²) in [6.45, 7) is 2.89. The molecule has 0 aromatic carbocycles. The highest BCUT2D eigenvalue weighted by Crippen LogP contribution is 2.32. The van der Waals surface area contributed by atoms with Crippen LogP contribution in [0.2, 0.25) is 0 Å². The van der Waals surface area contributed by atoms with Crippen molar-refractivity contribution in [3.8, 4) is 5.88 Å². The molecule has 1 aromatic heterocycles. The fraction of sp³-hybridized carbons (Fsp3) is 0.769. The molecule has 0 bridgehead atoms. The van der Waals surface area contributed by atoms with E-state index in [-0.39, 0.29) is 6.04 Å². The van der Waals surface area contributed by atoms with E-state index < -0.39 is 6.10 Å². The van der Waals surface area contributed by atoms with Crippen LogP contribution in [0.3, 0.4) is 0 Å². The Morgan fingerprint density at radius 3 is 2.94 bits per heavy atom. The van der Waals surface area contributed by atoms with Gasteiger partial charge in [0.2, 0.25) is 5.88 Å². The van der Waals surface area contributed by atoms with Crippen molar-refractivity contribution >= 4 is 0 Å². The topological polar surface area (TPSA) is 59.3 Å². The number of hydrogen-bond donors (Lipinski definition) is 2. The van der Waals surface area contributed by atoms with Crippen LogP contribution in [0.1, 0.15) is 43.0 Å². The van der Waals surface area contributed by atoms with Gasteiger partial charge in [-0.3, -0.25) is 0 Å². The molecule has 18 heavy (non-hydrogen) atoms. The van der Waals surface area contributed by atoms with Crippen molar-refractivity contribution in [2.24, 2.45) is 7.05 Å². The van der Waals surface area contributed by atoms with Gasteiger partial charge in [-0.1, -0.05) is 12.8 Å². The quantitative estimate of drug-likeness (QED) is 0.852. The third kappa shape index (κ3) is 2.52. The number of nitrogens with one attached hydrogen (secondary N) is 1. The number of hydrogen-bond acceptors (Lipinski definition) is 4. The van der Waals surface area contributed by atoms with E-state index in [4.69, 9.17) is 4.74 Å². The average molecular weight is 253 g/mol. The maximum Gasteiger partial charge on any atom is 0.217 e. The summed E-state index contributed by atoms with van der Waals surface area (Å²) >= 11 is 0. The molecule has 2 heterocycles. The molecule has 2 unspecified atom stereocenters. The van der Waals surface area contributed by atoms with E-state index in [0.29, 0.717) is 5.88 Å². The third-order valence-electron chi connectivity index (χ3n) is 3.68. The van der Waals surface area contributed by atoms with Crippen LogP contribution in [0, 0.1) is 6.92 Å². The molecule has 0 amide bonds. The van der Waals surface area contributed by atoms with Gasteiger partial charge in [0.25, 0.3) is 0 Å². The highest BCUT2D eigenvalue weighted by atomic mass is 16.5. The Morgan fingerprint density at radius 2 is 2.22 bits per heavy atom. The highest BCUT2D eigenvalue weighted by molar-refractivity contribution is 5.34. The maximum atomic E-state index is 10.6. The number of aryl methyl sites for hydroxylation is 2. The zero-order chi connectivity index (χ0) is 13.1. The second-order valence-corrected chi connectivity index (χ2v) is 4.99. The van der Waals surface area contributed by atoms with E-state index in [9.17, 15) is 5.11 Å². The van der Waals surface area contributed by atoms with Crippen molar-refractivity contribution in [3.63, 3.8) is 0 Å². The lowest BCUT2D eigenvalue weighted by molar-refractivity contribution is 0.122. The number of aliphatic hydroxyl groups excluding tert-OH is 1. The minimum atomic E-state index is -0.549. The summed E-state index contributed by atoms with van der Waals surface area (Å²) in [5, 5.41) is 18.3. The summed E-state index contributed by atoms with van der Waals surface area (Å²) in [6, 6.07) is 0.101. The molecule has 1 saturated heterocycles. The predicted molar refractivity (Wildman–Crippen MR) is 69.7 cm³/mol. The van der Waals surface area contributed by atoms with Crippen molar-refractivity contribution in [1.82, 2.24) is 15.1 Å². The first-order chi connectivity index (χ1) is 8.65. The van der Waals surface area contributed by atoms with Gasteiger partial charge in [-0.2, -0.15) is 5.10 Å². The lowest BCUT2D eigenvalue weighted by Crippen LogP contribution is -2.34. The van der Waals surface area contributed by atoms with Crippen LogP contribution in [0.5, 0.6) is 5.88 Å². The van der Waals surface area contributed by atoms with Gasteiger partial charge in [-0.15, -0.1) is 0 Å². The van der Waals surface area contributed by atoms with E-state index in [1.165, 1.54) is 12.8 Å². The van der Waals surface area contributed by atoms with Crippen molar-refractivity contribution in [2.75, 3.05) is 13.7 Å². The molecule has 1 aromatic rings. The molecule has 5 nitrogen and oxygen atoms in total. The van der Waals surface area contributed by atoms with Gasteiger partial charge in [0.1, 0.15) is 6.10 Å². The largest absolute Gasteiger partial charge is 0.481 e. The van der Waals surface area contributed by atoms with Crippen LogP contribution >= 0.6 is 0 Å². The molecule has 2 atom stereocenters. The molecular weight excluding hydrogens is 230 g/mol. The second-order valence-electron chi connectivity index (χ2n) is 4.99. The van der Waals surface area contributed by atoms with Crippen molar-refractivity contribution in [2.45, 2.75) is 44.8 Å². The fourth-order valence-electron chi connectivity index (χ4n) is 2.76. The molecule has 1 aliphatic rings. The van der Waals surface area contributed by atoms with Gasteiger partial charge in [-0.25, -0.2) is 4.68 Å². The Labute approximate surface area is 108 Å². The molecule has 0 saturated carbocycles. The number of rotatable bonds is 3. The lowest BCUT2D eigenvalue weighted by Gasteiger charge is -2.22. The summed E-state index contributed by atoms with van der Waals surface area (Å²) in [5.41, 5.74) is 1.66. The molecule has 5 heteroatoms. The van der Waals surface area contributed by atoms with Crippen molar-refractivity contribution < 1.29 is 9.84 Å². The molecule has 0 aliphatic carbocycles. The van der Waals surface area contributed by atoms with Crippen molar-refractivity contribution in [3.05, 3.63) is 11.3 Å². The summed E-state index contributed by atoms with van der Waals surface area (Å²) in [7, 11) is 3.45. The first kappa shape index (κ1) is 13.4. The molecule has 2 N–H and O–H groups in total. The van der Waals surface area contributed by atoms with Gasteiger partial charge < -0.3 is 15.2 Å². The molecule has 1 fully saturated rings. The predicted octanol–water partition coefficient (Wildman–Crippen LogP) is 1.30. The van der Waals surface area contributed by atoms with Crippen LogP contribution in [0.15, 0.2) is 0 Å². The molecule has 1 aliphatic heterocycles. The van der Waals surface area contributed by atoms with Crippen LogP contribution in [-0.2, 0) is 7.05 Å². The molecule has 2 rings (SSSR count). The van der Waals surface area contributed by atoms with E-state index in [0.717, 1.165) is 30.6 Å². The van der Waals surface area contributed by atoms with Crippen LogP contribution in [0.4, 0.5) is 0 Å². The Balaban J connectivity index is 2.23. The third-order valence-corrected chi connectivity index (χ3v) is 3.68. The van der Waals surface area contributed by atoms with E-state index in [1.54, 1.807) is 11.8 Å². The Hall–Kier alpha value is -1.07. The van der Waals surface area contributed by atoms with Crippen LogP contribution < -0.4 is 10.1 Å². The smallest absolute Gasteiger partial charge is 0.217 e. The Kier molecular flexibility index (Phi) is 4.24. The second kappa shape index (κ2) is 5.71.